The molecule has 2 aromatic rings. The van der Waals surface area contributed by atoms with E-state index in [9.17, 15) is 18.0 Å². The Bertz CT molecular complexity index is 660. The standard InChI is InChI=1S/C14H11F3N2O2/c1-21-9-4-2-8(3-5-9)18-14(20)19-11-7-6-10(15)12(16)13(11)17/h2-7H,1H3,(H2,18,19,20). The second kappa shape index (κ2) is 6.17. The van der Waals surface area contributed by atoms with Gasteiger partial charge in [-0.3, -0.25) is 0 Å². The lowest BCUT2D eigenvalue weighted by Gasteiger charge is -2.09. The van der Waals surface area contributed by atoms with E-state index in [1.54, 1.807) is 24.3 Å². The van der Waals surface area contributed by atoms with Crippen LogP contribution in [0.2, 0.25) is 0 Å². The number of carbonyl (C=O) groups excluding carboxylic acids is 1. The smallest absolute Gasteiger partial charge is 0.323 e. The van der Waals surface area contributed by atoms with Crippen molar-refractivity contribution in [3.63, 3.8) is 0 Å². The van der Waals surface area contributed by atoms with Gasteiger partial charge in [0.15, 0.2) is 17.5 Å². The molecule has 2 N–H and O–H groups in total. The van der Waals surface area contributed by atoms with Crippen LogP contribution in [0.25, 0.3) is 0 Å². The van der Waals surface area contributed by atoms with E-state index in [1.165, 1.54) is 7.11 Å². The number of urea groups is 1. The molecular weight excluding hydrogens is 285 g/mol. The summed E-state index contributed by atoms with van der Waals surface area (Å²) in [6.45, 7) is 0. The van der Waals surface area contributed by atoms with E-state index in [1.807, 2.05) is 0 Å². The van der Waals surface area contributed by atoms with Gasteiger partial charge in [-0.2, -0.15) is 0 Å². The van der Waals surface area contributed by atoms with E-state index < -0.39 is 29.2 Å². The number of nitrogens with one attached hydrogen (secondary N) is 2. The summed E-state index contributed by atoms with van der Waals surface area (Å²) in [5.41, 5.74) is -0.0313. The minimum absolute atomic E-state index is 0.427. The topological polar surface area (TPSA) is 50.4 Å². The highest BCUT2D eigenvalue weighted by molar-refractivity contribution is 5.99. The monoisotopic (exact) mass is 296 g/mol. The van der Waals surface area contributed by atoms with Crippen molar-refractivity contribution in [2.24, 2.45) is 0 Å². The molecule has 4 nitrogen and oxygen atoms in total. The maximum absolute atomic E-state index is 13.4. The highest BCUT2D eigenvalue weighted by atomic mass is 19.2. The Hall–Kier alpha value is -2.70. The van der Waals surface area contributed by atoms with Gasteiger partial charge >= 0.3 is 6.03 Å². The van der Waals surface area contributed by atoms with E-state index >= 15 is 0 Å². The van der Waals surface area contributed by atoms with Crippen molar-refractivity contribution in [2.75, 3.05) is 17.7 Å². The first kappa shape index (κ1) is 14.7. The number of carbonyl (C=O) groups is 1. The van der Waals surface area contributed by atoms with E-state index in [0.717, 1.165) is 12.1 Å². The van der Waals surface area contributed by atoms with Crippen LogP contribution in [0.3, 0.4) is 0 Å². The average Bonchev–Trinajstić information content (AvgIpc) is 2.49. The lowest BCUT2D eigenvalue weighted by molar-refractivity contribution is 0.262. The Kier molecular flexibility index (Phi) is 4.32. The van der Waals surface area contributed by atoms with Crippen LogP contribution >= 0.6 is 0 Å². The number of hydrogen-bond donors (Lipinski definition) is 2. The van der Waals surface area contributed by atoms with Crippen LogP contribution in [0.1, 0.15) is 0 Å². The molecule has 0 saturated carbocycles. The molecule has 0 bridgehead atoms. The molecule has 0 radical (unpaired) electrons. The van der Waals surface area contributed by atoms with Gasteiger partial charge in [0.1, 0.15) is 5.75 Å². The summed E-state index contributed by atoms with van der Waals surface area (Å²) in [4.78, 5) is 11.6. The van der Waals surface area contributed by atoms with Gasteiger partial charge in [-0.1, -0.05) is 0 Å². The van der Waals surface area contributed by atoms with Crippen LogP contribution in [0.15, 0.2) is 36.4 Å². The number of hydrogen-bond acceptors (Lipinski definition) is 2. The third kappa shape index (κ3) is 3.44. The number of halogens is 3. The van der Waals surface area contributed by atoms with Crippen molar-refractivity contribution < 1.29 is 22.7 Å². The molecule has 0 heterocycles. The van der Waals surface area contributed by atoms with Crippen LogP contribution in [-0.2, 0) is 0 Å². The normalized spacial score (nSPS) is 10.1. The molecule has 2 rings (SSSR count). The highest BCUT2D eigenvalue weighted by Gasteiger charge is 2.15. The highest BCUT2D eigenvalue weighted by Crippen LogP contribution is 2.20. The first-order chi connectivity index (χ1) is 10.0. The summed E-state index contributed by atoms with van der Waals surface area (Å²) in [6, 6.07) is 7.25. The second-order valence-corrected chi connectivity index (χ2v) is 4.03. The first-order valence-electron chi connectivity index (χ1n) is 5.87. The minimum Gasteiger partial charge on any atom is -0.497 e. The van der Waals surface area contributed by atoms with Crippen LogP contribution in [0.5, 0.6) is 5.75 Å². The second-order valence-electron chi connectivity index (χ2n) is 4.03. The molecule has 110 valence electrons. The number of benzene rings is 2. The van der Waals surface area contributed by atoms with Gasteiger partial charge in [-0.15, -0.1) is 0 Å². The van der Waals surface area contributed by atoms with Crippen molar-refractivity contribution in [3.8, 4) is 5.75 Å². The minimum atomic E-state index is -1.64. The molecule has 0 unspecified atom stereocenters. The molecule has 0 spiro atoms. The molecular formula is C14H11F3N2O2. The molecule has 7 heteroatoms. The van der Waals surface area contributed by atoms with E-state index in [-0.39, 0.29) is 0 Å². The van der Waals surface area contributed by atoms with Crippen molar-refractivity contribution in [1.82, 2.24) is 0 Å². The molecule has 0 atom stereocenters. The Balaban J connectivity index is 2.06. The fraction of sp³-hybridized carbons (Fsp3) is 0.0714. The summed E-state index contributed by atoms with van der Waals surface area (Å²) in [5, 5.41) is 4.51. The molecule has 0 aliphatic heterocycles. The Labute approximate surface area is 118 Å². The summed E-state index contributed by atoms with van der Waals surface area (Å²) in [6.07, 6.45) is 0. The molecule has 0 fully saturated rings. The van der Waals surface area contributed by atoms with Crippen LogP contribution in [0, 0.1) is 17.5 Å². The number of anilines is 2. The predicted octanol–water partition coefficient (Wildman–Crippen LogP) is 3.76. The Morgan fingerprint density at radius 3 is 2.24 bits per heavy atom. The van der Waals surface area contributed by atoms with Gasteiger partial charge in [-0.25, -0.2) is 18.0 Å². The van der Waals surface area contributed by atoms with Gasteiger partial charge < -0.3 is 15.4 Å². The largest absolute Gasteiger partial charge is 0.497 e. The van der Waals surface area contributed by atoms with Gasteiger partial charge in [0.25, 0.3) is 0 Å². The number of rotatable bonds is 3. The van der Waals surface area contributed by atoms with Gasteiger partial charge in [-0.05, 0) is 36.4 Å². The van der Waals surface area contributed by atoms with Gasteiger partial charge in [0.2, 0.25) is 0 Å². The fourth-order valence-electron chi connectivity index (χ4n) is 1.58. The van der Waals surface area contributed by atoms with E-state index in [2.05, 4.69) is 10.6 Å². The average molecular weight is 296 g/mol. The van der Waals surface area contributed by atoms with Crippen LogP contribution in [-0.4, -0.2) is 13.1 Å². The lowest BCUT2D eigenvalue weighted by Crippen LogP contribution is -2.20. The van der Waals surface area contributed by atoms with Crippen molar-refractivity contribution in [1.29, 1.82) is 0 Å². The third-order valence-electron chi connectivity index (χ3n) is 2.63. The number of ether oxygens (including phenoxy) is 1. The molecule has 0 aromatic heterocycles. The fourth-order valence-corrected chi connectivity index (χ4v) is 1.58. The summed E-state index contributed by atoms with van der Waals surface area (Å²) < 4.78 is 44.1. The zero-order chi connectivity index (χ0) is 15.4. The summed E-state index contributed by atoms with van der Waals surface area (Å²) in [5.74, 6) is -3.82. The van der Waals surface area contributed by atoms with Crippen molar-refractivity contribution in [3.05, 3.63) is 53.8 Å². The first-order valence-corrected chi connectivity index (χ1v) is 5.87. The zero-order valence-electron chi connectivity index (χ0n) is 10.9. The van der Waals surface area contributed by atoms with Crippen molar-refractivity contribution >= 4 is 17.4 Å². The van der Waals surface area contributed by atoms with Crippen molar-refractivity contribution in [2.45, 2.75) is 0 Å². The maximum Gasteiger partial charge on any atom is 0.323 e. The molecule has 0 aliphatic rings. The molecule has 2 aromatic carbocycles. The van der Waals surface area contributed by atoms with Gasteiger partial charge in [0.05, 0.1) is 12.8 Å². The van der Waals surface area contributed by atoms with E-state index in [4.69, 9.17) is 4.74 Å². The van der Waals surface area contributed by atoms with E-state index in [0.29, 0.717) is 11.4 Å². The molecule has 0 aliphatic carbocycles. The summed E-state index contributed by atoms with van der Waals surface area (Å²) in [7, 11) is 1.50. The molecule has 2 amide bonds. The third-order valence-corrected chi connectivity index (χ3v) is 2.63. The predicted molar refractivity (Wildman–Crippen MR) is 72.0 cm³/mol. The summed E-state index contributed by atoms with van der Waals surface area (Å²) >= 11 is 0. The van der Waals surface area contributed by atoms with Crippen LogP contribution < -0.4 is 15.4 Å². The quantitative estimate of drug-likeness (QED) is 0.847. The number of amides is 2. The molecule has 21 heavy (non-hydrogen) atoms. The molecule has 0 saturated heterocycles. The zero-order valence-corrected chi connectivity index (χ0v) is 10.9. The SMILES string of the molecule is COc1ccc(NC(=O)Nc2ccc(F)c(F)c2F)cc1. The Morgan fingerprint density at radius 1 is 0.952 bits per heavy atom. The Morgan fingerprint density at radius 2 is 1.62 bits per heavy atom. The maximum atomic E-state index is 13.4. The van der Waals surface area contributed by atoms with Gasteiger partial charge in [0, 0.05) is 5.69 Å². The lowest BCUT2D eigenvalue weighted by atomic mass is 10.3. The number of methoxy groups -OCH3 is 1. The van der Waals surface area contributed by atoms with Crippen LogP contribution in [0.4, 0.5) is 29.3 Å².